The summed E-state index contributed by atoms with van der Waals surface area (Å²) in [5.74, 6) is 1.20. The molecule has 0 aliphatic carbocycles. The molecule has 0 spiro atoms. The van der Waals surface area contributed by atoms with E-state index in [1.807, 2.05) is 20.8 Å². The van der Waals surface area contributed by atoms with Crippen molar-refractivity contribution in [3.8, 4) is 11.5 Å². The van der Waals surface area contributed by atoms with Crippen molar-refractivity contribution in [1.82, 2.24) is 0 Å². The summed E-state index contributed by atoms with van der Waals surface area (Å²) in [5, 5.41) is 0. The van der Waals surface area contributed by atoms with Crippen LogP contribution in [0.1, 0.15) is 25.0 Å². The molecule has 0 bridgehead atoms. The number of hydrogen-bond acceptors (Lipinski definition) is 4. The first kappa shape index (κ1) is 18.1. The van der Waals surface area contributed by atoms with Crippen LogP contribution in [0.15, 0.2) is 41.3 Å². The van der Waals surface area contributed by atoms with E-state index in [0.29, 0.717) is 36.0 Å². The summed E-state index contributed by atoms with van der Waals surface area (Å²) in [4.78, 5) is 0.231. The molecule has 5 nitrogen and oxygen atoms in total. The van der Waals surface area contributed by atoms with Gasteiger partial charge in [-0.1, -0.05) is 12.1 Å². The molecule has 130 valence electrons. The zero-order valence-corrected chi connectivity index (χ0v) is 15.2. The van der Waals surface area contributed by atoms with Crippen molar-refractivity contribution in [2.24, 2.45) is 0 Å². The molecule has 0 amide bonds. The Bertz CT molecular complexity index is 816. The second-order valence-electron chi connectivity index (χ2n) is 5.35. The Kier molecular flexibility index (Phi) is 5.72. The Labute approximate surface area is 143 Å². The van der Waals surface area contributed by atoms with Crippen molar-refractivity contribution in [3.05, 3.63) is 47.5 Å². The van der Waals surface area contributed by atoms with E-state index in [1.54, 1.807) is 43.3 Å². The largest absolute Gasteiger partial charge is 0.494 e. The van der Waals surface area contributed by atoms with Crippen LogP contribution in [0, 0.1) is 13.8 Å². The summed E-state index contributed by atoms with van der Waals surface area (Å²) in [7, 11) is -3.72. The maximum atomic E-state index is 12.8. The van der Waals surface area contributed by atoms with Gasteiger partial charge in [-0.05, 0) is 63.1 Å². The molecule has 2 rings (SSSR count). The molecule has 6 heteroatoms. The van der Waals surface area contributed by atoms with Gasteiger partial charge in [0.2, 0.25) is 0 Å². The highest BCUT2D eigenvalue weighted by Crippen LogP contribution is 2.30. The van der Waals surface area contributed by atoms with Crippen molar-refractivity contribution in [2.45, 2.75) is 32.6 Å². The van der Waals surface area contributed by atoms with Crippen molar-refractivity contribution in [1.29, 1.82) is 0 Å². The third kappa shape index (κ3) is 4.00. The van der Waals surface area contributed by atoms with Crippen LogP contribution in [0.25, 0.3) is 0 Å². The zero-order chi connectivity index (χ0) is 17.7. The summed E-state index contributed by atoms with van der Waals surface area (Å²) >= 11 is 0. The van der Waals surface area contributed by atoms with Crippen molar-refractivity contribution in [2.75, 3.05) is 17.9 Å². The van der Waals surface area contributed by atoms with Crippen molar-refractivity contribution in [3.63, 3.8) is 0 Å². The number of aryl methyl sites for hydroxylation is 2. The molecule has 0 unspecified atom stereocenters. The number of hydrogen-bond donors (Lipinski definition) is 1. The second kappa shape index (κ2) is 7.57. The van der Waals surface area contributed by atoms with E-state index < -0.39 is 10.0 Å². The number of anilines is 1. The van der Waals surface area contributed by atoms with Crippen LogP contribution in [0.2, 0.25) is 0 Å². The molecule has 0 aliphatic heterocycles. The van der Waals surface area contributed by atoms with Gasteiger partial charge in [-0.25, -0.2) is 8.42 Å². The van der Waals surface area contributed by atoms with E-state index in [0.717, 1.165) is 5.56 Å². The molecule has 24 heavy (non-hydrogen) atoms. The van der Waals surface area contributed by atoms with Gasteiger partial charge in [0.25, 0.3) is 10.0 Å². The summed E-state index contributed by atoms with van der Waals surface area (Å²) in [6.07, 6.45) is 0. The molecule has 2 aromatic rings. The predicted molar refractivity (Wildman–Crippen MR) is 95.5 cm³/mol. The molecule has 0 fully saturated rings. The standard InChI is InChI=1S/C18H23NO4S/c1-5-22-16-10-8-7-9-15(16)19-24(20,21)18-12-13(3)17(23-6-2)11-14(18)4/h7-12,19H,5-6H2,1-4H3. The van der Waals surface area contributed by atoms with E-state index in [2.05, 4.69) is 4.72 Å². The fourth-order valence-corrected chi connectivity index (χ4v) is 3.78. The Hall–Kier alpha value is -2.21. The van der Waals surface area contributed by atoms with Gasteiger partial charge in [-0.15, -0.1) is 0 Å². The van der Waals surface area contributed by atoms with Gasteiger partial charge in [-0.3, -0.25) is 4.72 Å². The van der Waals surface area contributed by atoms with E-state index in [9.17, 15) is 8.42 Å². The first-order valence-corrected chi connectivity index (χ1v) is 9.36. The van der Waals surface area contributed by atoms with Gasteiger partial charge >= 0.3 is 0 Å². The lowest BCUT2D eigenvalue weighted by molar-refractivity contribution is 0.337. The monoisotopic (exact) mass is 349 g/mol. The molecule has 0 saturated carbocycles. The van der Waals surface area contributed by atoms with Gasteiger partial charge in [0.1, 0.15) is 11.5 Å². The first-order valence-electron chi connectivity index (χ1n) is 7.87. The van der Waals surface area contributed by atoms with Gasteiger partial charge in [-0.2, -0.15) is 0 Å². The summed E-state index contributed by atoms with van der Waals surface area (Å²) in [6, 6.07) is 10.4. The number of para-hydroxylation sites is 2. The minimum absolute atomic E-state index is 0.231. The van der Waals surface area contributed by atoms with Crippen molar-refractivity contribution >= 4 is 15.7 Å². The minimum Gasteiger partial charge on any atom is -0.494 e. The SMILES string of the molecule is CCOc1cc(C)c(S(=O)(=O)Nc2ccccc2OCC)cc1C. The maximum absolute atomic E-state index is 12.8. The average Bonchev–Trinajstić information content (AvgIpc) is 2.52. The summed E-state index contributed by atoms with van der Waals surface area (Å²) < 4.78 is 39.2. The van der Waals surface area contributed by atoms with E-state index >= 15 is 0 Å². The molecule has 0 radical (unpaired) electrons. The average molecular weight is 349 g/mol. The highest BCUT2D eigenvalue weighted by molar-refractivity contribution is 7.92. The zero-order valence-electron chi connectivity index (χ0n) is 14.4. The van der Waals surface area contributed by atoms with E-state index in [-0.39, 0.29) is 4.90 Å². The van der Waals surface area contributed by atoms with Crippen LogP contribution in [-0.2, 0) is 10.0 Å². The molecule has 0 saturated heterocycles. The molecule has 0 aromatic heterocycles. The van der Waals surface area contributed by atoms with Crippen LogP contribution in [0.4, 0.5) is 5.69 Å². The minimum atomic E-state index is -3.72. The predicted octanol–water partition coefficient (Wildman–Crippen LogP) is 3.90. The molecule has 0 aliphatic rings. The summed E-state index contributed by atoms with van der Waals surface area (Å²) in [6.45, 7) is 8.33. The number of nitrogens with one attached hydrogen (secondary N) is 1. The first-order chi connectivity index (χ1) is 11.4. The Morgan fingerprint density at radius 3 is 2.21 bits per heavy atom. The molecular weight excluding hydrogens is 326 g/mol. The third-order valence-electron chi connectivity index (χ3n) is 3.49. The fraction of sp³-hybridized carbons (Fsp3) is 0.333. The normalized spacial score (nSPS) is 11.2. The van der Waals surface area contributed by atoms with Crippen molar-refractivity contribution < 1.29 is 17.9 Å². The highest BCUT2D eigenvalue weighted by atomic mass is 32.2. The summed E-state index contributed by atoms with van der Waals surface area (Å²) in [5.41, 5.74) is 1.83. The quantitative estimate of drug-likeness (QED) is 0.823. The van der Waals surface area contributed by atoms with Crippen LogP contribution in [0.3, 0.4) is 0 Å². The van der Waals surface area contributed by atoms with Gasteiger partial charge in [0.15, 0.2) is 0 Å². The van der Waals surface area contributed by atoms with Crippen LogP contribution >= 0.6 is 0 Å². The third-order valence-corrected chi connectivity index (χ3v) is 5.00. The number of sulfonamides is 1. The highest BCUT2D eigenvalue weighted by Gasteiger charge is 2.20. The smallest absolute Gasteiger partial charge is 0.262 e. The molecule has 1 N–H and O–H groups in total. The number of ether oxygens (including phenoxy) is 2. The molecule has 0 atom stereocenters. The van der Waals surface area contributed by atoms with E-state index in [1.165, 1.54) is 0 Å². The number of benzene rings is 2. The van der Waals surface area contributed by atoms with E-state index in [4.69, 9.17) is 9.47 Å². The molecule has 2 aromatic carbocycles. The van der Waals surface area contributed by atoms with Crippen LogP contribution < -0.4 is 14.2 Å². The van der Waals surface area contributed by atoms with Gasteiger partial charge in [0, 0.05) is 0 Å². The van der Waals surface area contributed by atoms with Gasteiger partial charge in [0.05, 0.1) is 23.8 Å². The maximum Gasteiger partial charge on any atom is 0.262 e. The lowest BCUT2D eigenvalue weighted by atomic mass is 10.1. The molecular formula is C18H23NO4S. The second-order valence-corrected chi connectivity index (χ2v) is 7.00. The van der Waals surface area contributed by atoms with Crippen LogP contribution in [0.5, 0.6) is 11.5 Å². The lowest BCUT2D eigenvalue weighted by Gasteiger charge is -2.16. The Balaban J connectivity index is 2.40. The Morgan fingerprint density at radius 2 is 1.54 bits per heavy atom. The van der Waals surface area contributed by atoms with Crippen LogP contribution in [-0.4, -0.2) is 21.6 Å². The topological polar surface area (TPSA) is 64.6 Å². The van der Waals surface area contributed by atoms with Gasteiger partial charge < -0.3 is 9.47 Å². The fourth-order valence-electron chi connectivity index (χ4n) is 2.40. The Morgan fingerprint density at radius 1 is 0.917 bits per heavy atom. The number of rotatable bonds is 7. The lowest BCUT2D eigenvalue weighted by Crippen LogP contribution is -2.15. The molecule has 0 heterocycles.